The molecule has 0 aliphatic rings. The summed E-state index contributed by atoms with van der Waals surface area (Å²) in [5.74, 6) is 0. The van der Waals surface area contributed by atoms with Crippen molar-refractivity contribution in [3.63, 3.8) is 0 Å². The normalized spacial score (nSPS) is 9.94. The third-order valence-electron chi connectivity index (χ3n) is 2.66. The first-order valence-electron chi connectivity index (χ1n) is 5.70. The summed E-state index contributed by atoms with van der Waals surface area (Å²) in [7, 11) is 0. The van der Waals surface area contributed by atoms with Crippen molar-refractivity contribution in [1.29, 1.82) is 5.41 Å². The zero-order chi connectivity index (χ0) is 12.1. The molecule has 0 heterocycles. The summed E-state index contributed by atoms with van der Waals surface area (Å²) < 4.78 is 0. The second-order valence-electron chi connectivity index (χ2n) is 4.01. The Kier molecular flexibility index (Phi) is 3.55. The van der Waals surface area contributed by atoms with Crippen LogP contribution in [0.3, 0.4) is 0 Å². The van der Waals surface area contributed by atoms with E-state index in [9.17, 15) is 0 Å². The van der Waals surface area contributed by atoms with Crippen molar-refractivity contribution in [3.05, 3.63) is 65.7 Å². The lowest BCUT2D eigenvalue weighted by Crippen LogP contribution is -2.04. The first-order chi connectivity index (χ1) is 8.27. The highest BCUT2D eigenvalue weighted by atomic mass is 14.9. The summed E-state index contributed by atoms with van der Waals surface area (Å²) in [5, 5.41) is 11.1. The van der Waals surface area contributed by atoms with Gasteiger partial charge in [0, 0.05) is 23.5 Å². The molecule has 0 fully saturated rings. The van der Waals surface area contributed by atoms with Crippen LogP contribution in [0.15, 0.2) is 54.6 Å². The van der Waals surface area contributed by atoms with Crippen LogP contribution in [-0.2, 0) is 6.54 Å². The number of hydrogen-bond acceptors (Lipinski definition) is 2. The predicted octanol–water partition coefficient (Wildman–Crippen LogP) is 3.69. The number of rotatable bonds is 4. The molecule has 2 aromatic rings. The third kappa shape index (κ3) is 2.94. The van der Waals surface area contributed by atoms with Crippen LogP contribution in [0.4, 0.5) is 5.69 Å². The highest BCUT2D eigenvalue weighted by Gasteiger charge is 2.02. The van der Waals surface area contributed by atoms with Crippen molar-refractivity contribution < 1.29 is 0 Å². The molecule has 0 saturated carbocycles. The molecular formula is C15H16N2. The molecule has 2 N–H and O–H groups in total. The second-order valence-corrected chi connectivity index (χ2v) is 4.01. The highest BCUT2D eigenvalue weighted by molar-refractivity contribution is 6.01. The first kappa shape index (κ1) is 11.4. The molecule has 0 aromatic heterocycles. The summed E-state index contributed by atoms with van der Waals surface area (Å²) in [5.41, 5.74) is 3.80. The van der Waals surface area contributed by atoms with Gasteiger partial charge in [0.05, 0.1) is 0 Å². The SMILES string of the molecule is CC(=N)c1ccccc1NCc1ccccc1. The monoisotopic (exact) mass is 224 g/mol. The van der Waals surface area contributed by atoms with Crippen LogP contribution in [0.25, 0.3) is 0 Å². The van der Waals surface area contributed by atoms with Crippen LogP contribution >= 0.6 is 0 Å². The highest BCUT2D eigenvalue weighted by Crippen LogP contribution is 2.16. The third-order valence-corrected chi connectivity index (χ3v) is 2.66. The minimum Gasteiger partial charge on any atom is -0.380 e. The fraction of sp³-hybridized carbons (Fsp3) is 0.133. The Morgan fingerprint density at radius 1 is 1.00 bits per heavy atom. The Balaban J connectivity index is 2.12. The Bertz CT molecular complexity index is 503. The van der Waals surface area contributed by atoms with E-state index in [1.807, 2.05) is 49.4 Å². The van der Waals surface area contributed by atoms with Crippen molar-refractivity contribution in [2.24, 2.45) is 0 Å². The van der Waals surface area contributed by atoms with Gasteiger partial charge in [0.2, 0.25) is 0 Å². The molecule has 2 aromatic carbocycles. The minimum absolute atomic E-state index is 0.584. The summed E-state index contributed by atoms with van der Waals surface area (Å²) in [6, 6.07) is 18.2. The summed E-state index contributed by atoms with van der Waals surface area (Å²) in [6.07, 6.45) is 0. The van der Waals surface area contributed by atoms with Crippen LogP contribution in [0.2, 0.25) is 0 Å². The van der Waals surface area contributed by atoms with Gasteiger partial charge in [-0.25, -0.2) is 0 Å². The molecule has 0 saturated heterocycles. The molecule has 0 aliphatic carbocycles. The van der Waals surface area contributed by atoms with Crippen molar-refractivity contribution in [1.82, 2.24) is 0 Å². The van der Waals surface area contributed by atoms with E-state index in [2.05, 4.69) is 17.4 Å². The molecule has 2 nitrogen and oxygen atoms in total. The van der Waals surface area contributed by atoms with E-state index in [0.29, 0.717) is 5.71 Å². The van der Waals surface area contributed by atoms with Gasteiger partial charge < -0.3 is 10.7 Å². The van der Waals surface area contributed by atoms with Gasteiger partial charge in [-0.3, -0.25) is 0 Å². The van der Waals surface area contributed by atoms with E-state index >= 15 is 0 Å². The van der Waals surface area contributed by atoms with Crippen LogP contribution in [0.1, 0.15) is 18.1 Å². The van der Waals surface area contributed by atoms with Gasteiger partial charge in [0.1, 0.15) is 0 Å². The number of hydrogen-bond donors (Lipinski definition) is 2. The van der Waals surface area contributed by atoms with Gasteiger partial charge in [-0.1, -0.05) is 48.5 Å². The Morgan fingerprint density at radius 3 is 2.35 bits per heavy atom. The second kappa shape index (κ2) is 5.30. The van der Waals surface area contributed by atoms with Gasteiger partial charge in [-0.05, 0) is 18.6 Å². The molecule has 0 amide bonds. The van der Waals surface area contributed by atoms with Gasteiger partial charge in [0.15, 0.2) is 0 Å². The molecule has 0 aliphatic heterocycles. The van der Waals surface area contributed by atoms with Gasteiger partial charge in [0.25, 0.3) is 0 Å². The lowest BCUT2D eigenvalue weighted by Gasteiger charge is -2.11. The number of para-hydroxylation sites is 1. The molecule has 17 heavy (non-hydrogen) atoms. The van der Waals surface area contributed by atoms with Crippen molar-refractivity contribution in [2.75, 3.05) is 5.32 Å². The fourth-order valence-corrected chi connectivity index (χ4v) is 1.76. The topological polar surface area (TPSA) is 35.9 Å². The van der Waals surface area contributed by atoms with Crippen molar-refractivity contribution >= 4 is 11.4 Å². The maximum Gasteiger partial charge on any atom is 0.0434 e. The maximum atomic E-state index is 7.72. The lowest BCUT2D eigenvalue weighted by molar-refractivity contribution is 1.15. The number of anilines is 1. The lowest BCUT2D eigenvalue weighted by atomic mass is 10.1. The molecule has 0 unspecified atom stereocenters. The molecule has 0 radical (unpaired) electrons. The van der Waals surface area contributed by atoms with Gasteiger partial charge in [-0.15, -0.1) is 0 Å². The van der Waals surface area contributed by atoms with E-state index in [-0.39, 0.29) is 0 Å². The molecule has 2 heteroatoms. The first-order valence-corrected chi connectivity index (χ1v) is 5.70. The van der Waals surface area contributed by atoms with Crippen LogP contribution in [-0.4, -0.2) is 5.71 Å². The Labute approximate surface area is 102 Å². The van der Waals surface area contributed by atoms with Gasteiger partial charge in [-0.2, -0.15) is 0 Å². The number of nitrogens with one attached hydrogen (secondary N) is 2. The fourth-order valence-electron chi connectivity index (χ4n) is 1.76. The summed E-state index contributed by atoms with van der Waals surface area (Å²) >= 11 is 0. The van der Waals surface area contributed by atoms with Gasteiger partial charge >= 0.3 is 0 Å². The van der Waals surface area contributed by atoms with Crippen LogP contribution in [0, 0.1) is 5.41 Å². The van der Waals surface area contributed by atoms with E-state index in [1.165, 1.54) is 5.56 Å². The summed E-state index contributed by atoms with van der Waals surface area (Å²) in [4.78, 5) is 0. The van der Waals surface area contributed by atoms with Crippen molar-refractivity contribution in [3.8, 4) is 0 Å². The summed E-state index contributed by atoms with van der Waals surface area (Å²) in [6.45, 7) is 2.59. The average molecular weight is 224 g/mol. The quantitative estimate of drug-likeness (QED) is 0.763. The standard InChI is InChI=1S/C15H16N2/c1-12(16)14-9-5-6-10-15(14)17-11-13-7-3-2-4-8-13/h2-10,16-17H,11H2,1H3. The Morgan fingerprint density at radius 2 is 1.65 bits per heavy atom. The predicted molar refractivity (Wildman–Crippen MR) is 72.7 cm³/mol. The smallest absolute Gasteiger partial charge is 0.0434 e. The van der Waals surface area contributed by atoms with Crippen molar-refractivity contribution in [2.45, 2.75) is 13.5 Å². The number of benzene rings is 2. The molecular weight excluding hydrogens is 208 g/mol. The molecule has 0 bridgehead atoms. The molecule has 86 valence electrons. The van der Waals surface area contributed by atoms with E-state index in [4.69, 9.17) is 5.41 Å². The van der Waals surface area contributed by atoms with Crippen LogP contribution in [0.5, 0.6) is 0 Å². The zero-order valence-electron chi connectivity index (χ0n) is 9.90. The minimum atomic E-state index is 0.584. The van der Waals surface area contributed by atoms with E-state index in [1.54, 1.807) is 0 Å². The average Bonchev–Trinajstić information content (AvgIpc) is 2.38. The molecule has 2 rings (SSSR count). The molecule has 0 spiro atoms. The van der Waals surface area contributed by atoms with E-state index < -0.39 is 0 Å². The van der Waals surface area contributed by atoms with E-state index in [0.717, 1.165) is 17.8 Å². The maximum absolute atomic E-state index is 7.72. The molecule has 0 atom stereocenters. The van der Waals surface area contributed by atoms with Crippen LogP contribution < -0.4 is 5.32 Å². The Hall–Kier alpha value is -2.09. The zero-order valence-corrected chi connectivity index (χ0v) is 9.90. The largest absolute Gasteiger partial charge is 0.380 e.